The number of hydrogen-bond acceptors (Lipinski definition) is 6. The van der Waals surface area contributed by atoms with Crippen molar-refractivity contribution in [1.29, 1.82) is 0 Å². The molecule has 154 valence electrons. The van der Waals surface area contributed by atoms with Gasteiger partial charge in [0.05, 0.1) is 0 Å². The minimum atomic E-state index is -2.57. The van der Waals surface area contributed by atoms with E-state index < -0.39 is 8.56 Å². The Morgan fingerprint density at radius 3 is 1.41 bits per heavy atom. The first kappa shape index (κ1) is 20.9. The van der Waals surface area contributed by atoms with Crippen LogP contribution in [0, 0.1) is 0 Å². The van der Waals surface area contributed by atoms with Gasteiger partial charge in [0, 0.05) is 51.4 Å². The highest BCUT2D eigenvalue weighted by Gasteiger charge is 2.47. The van der Waals surface area contributed by atoms with Crippen LogP contribution in [0.3, 0.4) is 0 Å². The van der Waals surface area contributed by atoms with Crippen LogP contribution in [-0.4, -0.2) is 58.6 Å². The molecule has 0 atom stereocenters. The molecule has 0 spiro atoms. The van der Waals surface area contributed by atoms with Crippen LogP contribution in [0.15, 0.2) is 70.9 Å². The molecular weight excluding hydrogens is 380 g/mol. The maximum atomic E-state index is 6.66. The number of hydrazone groups is 2. The van der Waals surface area contributed by atoms with E-state index in [2.05, 4.69) is 10.2 Å². The molecule has 2 aromatic carbocycles. The molecular formula is C22H30N4O2Si. The molecule has 1 aliphatic rings. The normalized spacial score (nSPS) is 16.4. The second-order valence-corrected chi connectivity index (χ2v) is 10.8. The maximum absolute atomic E-state index is 6.66. The first-order chi connectivity index (χ1) is 14.0. The molecule has 1 fully saturated rings. The average Bonchev–Trinajstić information content (AvgIpc) is 3.16. The molecule has 0 aromatic heterocycles. The molecule has 0 aliphatic carbocycles. The van der Waals surface area contributed by atoms with Gasteiger partial charge < -0.3 is 8.85 Å². The van der Waals surface area contributed by atoms with Gasteiger partial charge in [-0.15, -0.1) is 10.2 Å². The second kappa shape index (κ2) is 9.60. The average molecular weight is 411 g/mol. The Morgan fingerprint density at radius 1 is 0.690 bits per heavy atom. The monoisotopic (exact) mass is 410 g/mol. The van der Waals surface area contributed by atoms with Crippen LogP contribution in [0.5, 0.6) is 0 Å². The summed E-state index contributed by atoms with van der Waals surface area (Å²) in [7, 11) is 5.03. The first-order valence-corrected chi connectivity index (χ1v) is 12.2. The Labute approximate surface area is 174 Å². The van der Waals surface area contributed by atoms with Crippen LogP contribution >= 0.6 is 0 Å². The molecule has 1 saturated heterocycles. The van der Waals surface area contributed by atoms with Gasteiger partial charge in [0.2, 0.25) is 11.8 Å². The summed E-state index contributed by atoms with van der Waals surface area (Å²) >= 11 is 0. The zero-order chi connectivity index (χ0) is 20.7. The number of rotatable bonds is 6. The van der Waals surface area contributed by atoms with Crippen molar-refractivity contribution in [3.63, 3.8) is 0 Å². The molecule has 7 heteroatoms. The van der Waals surface area contributed by atoms with E-state index in [1.807, 2.05) is 88.9 Å². The fourth-order valence-corrected chi connectivity index (χ4v) is 6.59. The third-order valence-corrected chi connectivity index (χ3v) is 7.92. The van der Waals surface area contributed by atoms with Crippen molar-refractivity contribution in [3.8, 4) is 0 Å². The topological polar surface area (TPSA) is 49.7 Å². The maximum Gasteiger partial charge on any atom is 0.462 e. The lowest BCUT2D eigenvalue weighted by Gasteiger charge is -2.29. The summed E-state index contributed by atoms with van der Waals surface area (Å²) < 4.78 is 13.3. The predicted octanol–water partition coefficient (Wildman–Crippen LogP) is 4.10. The number of nitrogens with zero attached hydrogens (tertiary/aromatic N) is 4. The molecule has 0 amide bonds. The Morgan fingerprint density at radius 2 is 1.07 bits per heavy atom. The Balaban J connectivity index is 1.94. The van der Waals surface area contributed by atoms with Gasteiger partial charge in [0.15, 0.2) is 0 Å². The van der Waals surface area contributed by atoms with Gasteiger partial charge in [0.1, 0.15) is 0 Å². The van der Waals surface area contributed by atoms with Crippen molar-refractivity contribution in [2.75, 3.05) is 28.2 Å². The van der Waals surface area contributed by atoms with Gasteiger partial charge in [0.25, 0.3) is 0 Å². The molecule has 2 aromatic rings. The Hall–Kier alpha value is -2.80. The SMILES string of the molecule is CN(C)/N=C(/O[Si]1(O/C(=N/N(C)C)c2ccccc2)CCCC1)c1ccccc1. The molecule has 6 nitrogen and oxygen atoms in total. The molecule has 0 saturated carbocycles. The standard InChI is InChI=1S/C22H30N4O2Si/c1-25(2)23-21(19-13-7-5-8-14-19)27-29(17-11-12-18-29)28-22(24-26(3)4)20-15-9-6-10-16-20/h5-10,13-16H,11-12,17-18H2,1-4H3/b23-21+,24-22+. The van der Waals surface area contributed by atoms with E-state index in [1.54, 1.807) is 10.0 Å². The second-order valence-electron chi connectivity index (χ2n) is 7.56. The number of hydrogen-bond donors (Lipinski definition) is 0. The van der Waals surface area contributed by atoms with Crippen molar-refractivity contribution in [2.24, 2.45) is 10.2 Å². The van der Waals surface area contributed by atoms with Crippen LogP contribution in [0.1, 0.15) is 24.0 Å². The van der Waals surface area contributed by atoms with E-state index in [9.17, 15) is 0 Å². The predicted molar refractivity (Wildman–Crippen MR) is 120 cm³/mol. The van der Waals surface area contributed by atoms with E-state index in [0.717, 1.165) is 36.1 Å². The van der Waals surface area contributed by atoms with Gasteiger partial charge in [-0.3, -0.25) is 10.0 Å². The minimum Gasteiger partial charge on any atom is -0.496 e. The van der Waals surface area contributed by atoms with Crippen LogP contribution < -0.4 is 0 Å². The number of benzene rings is 2. The largest absolute Gasteiger partial charge is 0.496 e. The summed E-state index contributed by atoms with van der Waals surface area (Å²) in [5.74, 6) is 1.22. The molecule has 0 radical (unpaired) electrons. The smallest absolute Gasteiger partial charge is 0.462 e. The van der Waals surface area contributed by atoms with Crippen LogP contribution in [0.25, 0.3) is 0 Å². The van der Waals surface area contributed by atoms with Gasteiger partial charge in [-0.1, -0.05) is 36.4 Å². The highest BCUT2D eigenvalue weighted by Crippen LogP contribution is 2.34. The highest BCUT2D eigenvalue weighted by atomic mass is 28.4. The van der Waals surface area contributed by atoms with E-state index >= 15 is 0 Å². The molecule has 3 rings (SSSR count). The molecule has 29 heavy (non-hydrogen) atoms. The van der Waals surface area contributed by atoms with Gasteiger partial charge >= 0.3 is 8.56 Å². The van der Waals surface area contributed by atoms with Gasteiger partial charge in [-0.25, -0.2) is 0 Å². The summed E-state index contributed by atoms with van der Waals surface area (Å²) in [5.41, 5.74) is 1.91. The van der Waals surface area contributed by atoms with Crippen molar-refractivity contribution < 1.29 is 8.85 Å². The Kier molecular flexibility index (Phi) is 6.93. The van der Waals surface area contributed by atoms with Crippen molar-refractivity contribution >= 4 is 20.4 Å². The lowest BCUT2D eigenvalue weighted by Crippen LogP contribution is -2.44. The summed E-state index contributed by atoms with van der Waals surface area (Å²) in [5, 5.41) is 12.8. The van der Waals surface area contributed by atoms with E-state index in [1.165, 1.54) is 0 Å². The zero-order valence-corrected chi connectivity index (χ0v) is 18.7. The lowest BCUT2D eigenvalue weighted by atomic mass is 10.2. The molecule has 0 unspecified atom stereocenters. The third-order valence-electron chi connectivity index (χ3n) is 4.55. The fourth-order valence-electron chi connectivity index (χ4n) is 3.29. The van der Waals surface area contributed by atoms with E-state index in [-0.39, 0.29) is 0 Å². The summed E-state index contributed by atoms with van der Waals surface area (Å²) in [6.45, 7) is 0. The fraction of sp³-hybridized carbons (Fsp3) is 0.364. The van der Waals surface area contributed by atoms with E-state index in [0.29, 0.717) is 11.8 Å². The zero-order valence-electron chi connectivity index (χ0n) is 17.7. The minimum absolute atomic E-state index is 0.612. The van der Waals surface area contributed by atoms with Gasteiger partial charge in [-0.05, 0) is 37.1 Å². The molecule has 1 aliphatic heterocycles. The molecule has 0 bridgehead atoms. The highest BCUT2D eigenvalue weighted by molar-refractivity contribution is 6.71. The van der Waals surface area contributed by atoms with Crippen LogP contribution in [-0.2, 0) is 8.85 Å². The van der Waals surface area contributed by atoms with Crippen molar-refractivity contribution in [2.45, 2.75) is 24.9 Å². The van der Waals surface area contributed by atoms with Gasteiger partial charge in [-0.2, -0.15) is 0 Å². The summed E-state index contributed by atoms with van der Waals surface area (Å²) in [4.78, 5) is 0. The molecule has 1 heterocycles. The lowest BCUT2D eigenvalue weighted by molar-refractivity contribution is 0.344. The third kappa shape index (κ3) is 5.84. The quantitative estimate of drug-likeness (QED) is 0.311. The molecule has 0 N–H and O–H groups in total. The van der Waals surface area contributed by atoms with Crippen molar-refractivity contribution in [3.05, 3.63) is 71.8 Å². The van der Waals surface area contributed by atoms with Crippen LogP contribution in [0.2, 0.25) is 12.1 Å². The van der Waals surface area contributed by atoms with Crippen molar-refractivity contribution in [1.82, 2.24) is 10.0 Å². The first-order valence-electron chi connectivity index (χ1n) is 9.98. The summed E-state index contributed by atoms with van der Waals surface area (Å²) in [6, 6.07) is 21.9. The Bertz CT molecular complexity index is 767. The summed E-state index contributed by atoms with van der Waals surface area (Å²) in [6.07, 6.45) is 2.20. The van der Waals surface area contributed by atoms with Crippen LogP contribution in [0.4, 0.5) is 0 Å². The van der Waals surface area contributed by atoms with E-state index in [4.69, 9.17) is 8.85 Å².